The van der Waals surface area contributed by atoms with Gasteiger partial charge in [0.2, 0.25) is 0 Å². The van der Waals surface area contributed by atoms with E-state index >= 15 is 0 Å². The number of fused-ring (bicyclic) bond motifs is 1. The van der Waals surface area contributed by atoms with Crippen LogP contribution in [0.4, 0.5) is 5.82 Å². The normalized spacial score (nSPS) is 27.0. The molecule has 1 atom stereocenters. The molecular weight excluding hydrogens is 248 g/mol. The first-order chi connectivity index (χ1) is 8.73. The largest absolute Gasteiger partial charge is 0.367 e. The Morgan fingerprint density at radius 2 is 2.22 bits per heavy atom. The van der Waals surface area contributed by atoms with Crippen LogP contribution in [0.15, 0.2) is 0 Å². The highest BCUT2D eigenvalue weighted by Crippen LogP contribution is 2.37. The second kappa shape index (κ2) is 4.68. The Morgan fingerprint density at radius 1 is 1.33 bits per heavy atom. The molecule has 1 aromatic heterocycles. The molecule has 0 saturated carbocycles. The Hall–Kier alpha value is -0.850. The smallest absolute Gasteiger partial charge is 0.162 e. The summed E-state index contributed by atoms with van der Waals surface area (Å²) >= 11 is 1.85. The number of aromatic nitrogens is 2. The fraction of sp³-hybridized carbons (Fsp3) is 0.667. The summed E-state index contributed by atoms with van der Waals surface area (Å²) in [5.74, 6) is 8.99. The number of nitrogens with one attached hydrogen (secondary N) is 1. The summed E-state index contributed by atoms with van der Waals surface area (Å²) in [4.78, 5) is 9.28. The standard InChI is InChI=1S/C12H18N4OS/c1-12(4-2-3-5-17-12)11-14-9-7-18-6-8(9)10(15-11)16-13/h2-7,13H2,1H3,(H,14,15,16). The van der Waals surface area contributed by atoms with Crippen LogP contribution in [-0.2, 0) is 21.8 Å². The molecule has 0 radical (unpaired) electrons. The zero-order valence-corrected chi connectivity index (χ0v) is 11.3. The van der Waals surface area contributed by atoms with Crippen molar-refractivity contribution < 1.29 is 4.74 Å². The first-order valence-corrected chi connectivity index (χ1v) is 7.47. The molecule has 2 aliphatic heterocycles. The number of hydrazine groups is 1. The van der Waals surface area contributed by atoms with Crippen LogP contribution in [-0.4, -0.2) is 16.6 Å². The topological polar surface area (TPSA) is 73.1 Å². The minimum Gasteiger partial charge on any atom is -0.367 e. The van der Waals surface area contributed by atoms with Crippen molar-refractivity contribution in [3.8, 4) is 0 Å². The summed E-state index contributed by atoms with van der Waals surface area (Å²) in [5.41, 5.74) is 4.60. The molecule has 0 amide bonds. The van der Waals surface area contributed by atoms with E-state index in [1.54, 1.807) is 0 Å². The van der Waals surface area contributed by atoms with Gasteiger partial charge in [0.05, 0.1) is 5.69 Å². The van der Waals surface area contributed by atoms with Gasteiger partial charge in [-0.2, -0.15) is 11.8 Å². The molecular formula is C12H18N4OS. The van der Waals surface area contributed by atoms with Gasteiger partial charge < -0.3 is 10.2 Å². The minimum atomic E-state index is -0.355. The number of nitrogen functional groups attached to an aromatic ring is 1. The zero-order valence-electron chi connectivity index (χ0n) is 10.5. The highest BCUT2D eigenvalue weighted by atomic mass is 32.2. The van der Waals surface area contributed by atoms with E-state index in [4.69, 9.17) is 15.6 Å². The van der Waals surface area contributed by atoms with Crippen molar-refractivity contribution in [3.63, 3.8) is 0 Å². The van der Waals surface area contributed by atoms with Crippen LogP contribution in [0, 0.1) is 0 Å². The van der Waals surface area contributed by atoms with Gasteiger partial charge in [0.1, 0.15) is 11.4 Å². The van der Waals surface area contributed by atoms with Crippen molar-refractivity contribution in [3.05, 3.63) is 17.1 Å². The summed E-state index contributed by atoms with van der Waals surface area (Å²) in [6, 6.07) is 0. The number of nitrogens with two attached hydrogens (primary N) is 1. The molecule has 3 heterocycles. The first kappa shape index (κ1) is 12.2. The van der Waals surface area contributed by atoms with Crippen LogP contribution in [0.2, 0.25) is 0 Å². The first-order valence-electron chi connectivity index (χ1n) is 6.31. The SMILES string of the molecule is CC1(c2nc3c(c(NN)n2)CSC3)CCCCO1. The van der Waals surface area contributed by atoms with E-state index in [1.165, 1.54) is 0 Å². The van der Waals surface area contributed by atoms with E-state index in [2.05, 4.69) is 17.3 Å². The van der Waals surface area contributed by atoms with E-state index < -0.39 is 0 Å². The van der Waals surface area contributed by atoms with Gasteiger partial charge in [0.25, 0.3) is 0 Å². The molecule has 0 aromatic carbocycles. The lowest BCUT2D eigenvalue weighted by atomic mass is 9.95. The Balaban J connectivity index is 2.02. The third kappa shape index (κ3) is 1.98. The number of hydrogen-bond acceptors (Lipinski definition) is 6. The third-order valence-corrected chi connectivity index (χ3v) is 4.63. The molecule has 18 heavy (non-hydrogen) atoms. The number of thioether (sulfide) groups is 1. The fourth-order valence-corrected chi connectivity index (χ4v) is 3.56. The van der Waals surface area contributed by atoms with Crippen LogP contribution in [0.5, 0.6) is 0 Å². The molecule has 1 saturated heterocycles. The van der Waals surface area contributed by atoms with Gasteiger partial charge in [0.15, 0.2) is 5.82 Å². The maximum absolute atomic E-state index is 5.91. The molecule has 2 aliphatic rings. The lowest BCUT2D eigenvalue weighted by Crippen LogP contribution is -2.33. The lowest BCUT2D eigenvalue weighted by molar-refractivity contribution is -0.0760. The molecule has 0 spiro atoms. The maximum atomic E-state index is 5.91. The van der Waals surface area contributed by atoms with Crippen LogP contribution < -0.4 is 11.3 Å². The van der Waals surface area contributed by atoms with Gasteiger partial charge in [-0.15, -0.1) is 0 Å². The summed E-state index contributed by atoms with van der Waals surface area (Å²) in [6.07, 6.45) is 3.26. The van der Waals surface area contributed by atoms with Gasteiger partial charge in [-0.3, -0.25) is 0 Å². The Bertz CT molecular complexity index is 460. The molecule has 0 aliphatic carbocycles. The van der Waals surface area contributed by atoms with Crippen LogP contribution >= 0.6 is 11.8 Å². The van der Waals surface area contributed by atoms with E-state index in [-0.39, 0.29) is 5.60 Å². The Labute approximate surface area is 111 Å². The predicted octanol–water partition coefficient (Wildman–Crippen LogP) is 1.92. The molecule has 3 rings (SSSR count). The Morgan fingerprint density at radius 3 is 2.94 bits per heavy atom. The molecule has 5 nitrogen and oxygen atoms in total. The molecule has 0 bridgehead atoms. The molecule has 1 unspecified atom stereocenters. The van der Waals surface area contributed by atoms with Crippen molar-refractivity contribution >= 4 is 17.6 Å². The predicted molar refractivity (Wildman–Crippen MR) is 72.0 cm³/mol. The van der Waals surface area contributed by atoms with Crippen LogP contribution in [0.3, 0.4) is 0 Å². The highest BCUT2D eigenvalue weighted by molar-refractivity contribution is 7.98. The summed E-state index contributed by atoms with van der Waals surface area (Å²) in [6.45, 7) is 2.87. The molecule has 1 fully saturated rings. The summed E-state index contributed by atoms with van der Waals surface area (Å²) in [5, 5.41) is 0. The van der Waals surface area contributed by atoms with E-state index in [9.17, 15) is 0 Å². The van der Waals surface area contributed by atoms with Crippen molar-refractivity contribution in [2.24, 2.45) is 5.84 Å². The highest BCUT2D eigenvalue weighted by Gasteiger charge is 2.35. The molecule has 6 heteroatoms. The molecule has 1 aromatic rings. The van der Waals surface area contributed by atoms with Gasteiger partial charge in [-0.1, -0.05) is 0 Å². The minimum absolute atomic E-state index is 0.355. The Kier molecular flexibility index (Phi) is 3.17. The number of anilines is 1. The van der Waals surface area contributed by atoms with E-state index in [1.807, 2.05) is 11.8 Å². The molecule has 98 valence electrons. The van der Waals surface area contributed by atoms with Gasteiger partial charge in [0, 0.05) is 23.7 Å². The van der Waals surface area contributed by atoms with Gasteiger partial charge in [-0.25, -0.2) is 15.8 Å². The second-order valence-electron chi connectivity index (χ2n) is 4.99. The number of ether oxygens (including phenoxy) is 1. The molecule has 3 N–H and O–H groups in total. The van der Waals surface area contributed by atoms with Gasteiger partial charge in [-0.05, 0) is 26.2 Å². The van der Waals surface area contributed by atoms with Crippen molar-refractivity contribution in [1.29, 1.82) is 0 Å². The van der Waals surface area contributed by atoms with Gasteiger partial charge >= 0.3 is 0 Å². The number of rotatable bonds is 2. The zero-order chi connectivity index (χ0) is 12.6. The summed E-state index contributed by atoms with van der Waals surface area (Å²) in [7, 11) is 0. The van der Waals surface area contributed by atoms with Crippen molar-refractivity contribution in [1.82, 2.24) is 9.97 Å². The maximum Gasteiger partial charge on any atom is 0.162 e. The quantitative estimate of drug-likeness (QED) is 0.629. The third-order valence-electron chi connectivity index (χ3n) is 3.66. The lowest BCUT2D eigenvalue weighted by Gasteiger charge is -2.32. The van der Waals surface area contributed by atoms with Crippen LogP contribution in [0.1, 0.15) is 43.3 Å². The monoisotopic (exact) mass is 266 g/mol. The number of nitrogens with zero attached hydrogens (tertiary/aromatic N) is 2. The average Bonchev–Trinajstić information content (AvgIpc) is 2.86. The summed E-state index contributed by atoms with van der Waals surface area (Å²) < 4.78 is 5.91. The van der Waals surface area contributed by atoms with E-state index in [0.29, 0.717) is 0 Å². The van der Waals surface area contributed by atoms with Crippen molar-refractivity contribution in [2.75, 3.05) is 12.0 Å². The van der Waals surface area contributed by atoms with Crippen molar-refractivity contribution in [2.45, 2.75) is 43.3 Å². The number of hydrogen-bond donors (Lipinski definition) is 2. The second-order valence-corrected chi connectivity index (χ2v) is 5.98. The fourth-order valence-electron chi connectivity index (χ4n) is 2.52. The van der Waals surface area contributed by atoms with E-state index in [0.717, 1.165) is 60.3 Å². The van der Waals surface area contributed by atoms with Crippen LogP contribution in [0.25, 0.3) is 0 Å². The average molecular weight is 266 g/mol.